The minimum absolute atomic E-state index is 0.00683. The Bertz CT molecular complexity index is 663. The molecule has 0 aliphatic rings. The first-order valence-corrected chi connectivity index (χ1v) is 8.02. The van der Waals surface area contributed by atoms with Crippen molar-refractivity contribution in [2.45, 2.75) is 40.3 Å². The predicted octanol–water partition coefficient (Wildman–Crippen LogP) is 2.28. The van der Waals surface area contributed by atoms with Crippen LogP contribution in [0.5, 0.6) is 0 Å². The highest BCUT2D eigenvalue weighted by Crippen LogP contribution is 2.16. The molecule has 23 heavy (non-hydrogen) atoms. The van der Waals surface area contributed by atoms with E-state index in [1.54, 1.807) is 0 Å². The molecule has 0 saturated carbocycles. The zero-order valence-electron chi connectivity index (χ0n) is 14.4. The number of aryl methyl sites for hydroxylation is 3. The first-order valence-electron chi connectivity index (χ1n) is 8.02. The summed E-state index contributed by atoms with van der Waals surface area (Å²) < 4.78 is 1.87. The van der Waals surface area contributed by atoms with Crippen molar-refractivity contribution in [1.29, 1.82) is 0 Å². The van der Waals surface area contributed by atoms with E-state index in [1.807, 2.05) is 30.9 Å². The number of nitrogens with zero attached hydrogens (tertiary/aromatic N) is 2. The van der Waals surface area contributed by atoms with Crippen LogP contribution in [0.25, 0.3) is 0 Å². The van der Waals surface area contributed by atoms with Gasteiger partial charge in [-0.15, -0.1) is 0 Å². The average Bonchev–Trinajstić information content (AvgIpc) is 2.92. The summed E-state index contributed by atoms with van der Waals surface area (Å²) in [5.41, 5.74) is 4.79. The lowest BCUT2D eigenvalue weighted by molar-refractivity contribution is -0.120. The van der Waals surface area contributed by atoms with Crippen LogP contribution in [0.4, 0.5) is 0 Å². The Balaban J connectivity index is 1.72. The van der Waals surface area contributed by atoms with Crippen molar-refractivity contribution in [2.24, 2.45) is 0 Å². The van der Waals surface area contributed by atoms with Crippen LogP contribution in [-0.4, -0.2) is 28.8 Å². The quantitative estimate of drug-likeness (QED) is 0.771. The van der Waals surface area contributed by atoms with Crippen LogP contribution in [0.2, 0.25) is 0 Å². The number of aromatic nitrogens is 2. The average molecular weight is 314 g/mol. The largest absolute Gasteiger partial charge is 0.348 e. The second-order valence-electron chi connectivity index (χ2n) is 6.09. The van der Waals surface area contributed by atoms with Gasteiger partial charge in [0.25, 0.3) is 0 Å². The Labute approximate surface area is 138 Å². The Morgan fingerprint density at radius 3 is 2.70 bits per heavy atom. The van der Waals surface area contributed by atoms with Crippen LogP contribution in [-0.2, 0) is 11.3 Å². The normalized spacial score (nSPS) is 12.2. The van der Waals surface area contributed by atoms with Crippen molar-refractivity contribution < 1.29 is 4.79 Å². The Kier molecular flexibility index (Phi) is 5.93. The zero-order chi connectivity index (χ0) is 16.8. The monoisotopic (exact) mass is 314 g/mol. The van der Waals surface area contributed by atoms with Crippen LogP contribution in [0.1, 0.15) is 35.2 Å². The van der Waals surface area contributed by atoms with Gasteiger partial charge in [-0.05, 0) is 49.9 Å². The number of benzene rings is 1. The summed E-state index contributed by atoms with van der Waals surface area (Å²) >= 11 is 0. The van der Waals surface area contributed by atoms with Gasteiger partial charge in [-0.1, -0.05) is 18.2 Å². The molecule has 1 unspecified atom stereocenters. The third-order valence-electron chi connectivity index (χ3n) is 3.97. The predicted molar refractivity (Wildman–Crippen MR) is 92.3 cm³/mol. The van der Waals surface area contributed by atoms with E-state index >= 15 is 0 Å². The lowest BCUT2D eigenvalue weighted by Crippen LogP contribution is -2.36. The van der Waals surface area contributed by atoms with Gasteiger partial charge in [0.05, 0.1) is 25.3 Å². The molecule has 2 N–H and O–H groups in total. The van der Waals surface area contributed by atoms with E-state index in [9.17, 15) is 4.79 Å². The molecular weight excluding hydrogens is 288 g/mol. The topological polar surface area (TPSA) is 59.0 Å². The molecule has 5 heteroatoms. The molecule has 2 aromatic rings. The molecule has 0 aliphatic heterocycles. The zero-order valence-corrected chi connectivity index (χ0v) is 14.4. The highest BCUT2D eigenvalue weighted by Gasteiger charge is 2.09. The molecule has 1 atom stereocenters. The maximum atomic E-state index is 12.0. The fraction of sp³-hybridized carbons (Fsp3) is 0.444. The lowest BCUT2D eigenvalue weighted by atomic mass is 10.0. The third kappa shape index (κ3) is 5.21. The van der Waals surface area contributed by atoms with Gasteiger partial charge in [0.15, 0.2) is 0 Å². The van der Waals surface area contributed by atoms with E-state index < -0.39 is 0 Å². The third-order valence-corrected chi connectivity index (χ3v) is 3.97. The van der Waals surface area contributed by atoms with E-state index in [1.165, 1.54) is 11.1 Å². The minimum atomic E-state index is 0.00683. The number of carbonyl (C=O) groups is 1. The SMILES string of the molecule is Cc1cnn(CCNCC(=O)NC(C)c2ccc(C)c(C)c2)c1. The Morgan fingerprint density at radius 1 is 1.26 bits per heavy atom. The maximum absolute atomic E-state index is 12.0. The molecule has 1 amide bonds. The second-order valence-corrected chi connectivity index (χ2v) is 6.09. The summed E-state index contributed by atoms with van der Waals surface area (Å²) in [6.07, 6.45) is 3.82. The molecule has 0 fully saturated rings. The van der Waals surface area contributed by atoms with E-state index in [4.69, 9.17) is 0 Å². The van der Waals surface area contributed by atoms with Crippen LogP contribution < -0.4 is 10.6 Å². The lowest BCUT2D eigenvalue weighted by Gasteiger charge is -2.16. The van der Waals surface area contributed by atoms with Crippen molar-refractivity contribution >= 4 is 5.91 Å². The molecule has 124 valence electrons. The van der Waals surface area contributed by atoms with Gasteiger partial charge >= 0.3 is 0 Å². The molecule has 0 aliphatic carbocycles. The molecule has 0 radical (unpaired) electrons. The van der Waals surface area contributed by atoms with E-state index in [2.05, 4.69) is 47.8 Å². The summed E-state index contributed by atoms with van der Waals surface area (Å²) in [5.74, 6) is 0.00683. The smallest absolute Gasteiger partial charge is 0.234 e. The van der Waals surface area contributed by atoms with Crippen molar-refractivity contribution in [1.82, 2.24) is 20.4 Å². The molecule has 0 saturated heterocycles. The number of hydrogen-bond donors (Lipinski definition) is 2. The van der Waals surface area contributed by atoms with Crippen LogP contribution in [0.15, 0.2) is 30.6 Å². The van der Waals surface area contributed by atoms with Crippen molar-refractivity contribution in [3.05, 3.63) is 52.8 Å². The van der Waals surface area contributed by atoms with E-state index in [-0.39, 0.29) is 11.9 Å². The molecule has 0 spiro atoms. The minimum Gasteiger partial charge on any atom is -0.348 e. The van der Waals surface area contributed by atoms with Gasteiger partial charge in [0.2, 0.25) is 5.91 Å². The molecule has 5 nitrogen and oxygen atoms in total. The Hall–Kier alpha value is -2.14. The fourth-order valence-electron chi connectivity index (χ4n) is 2.39. The fourth-order valence-corrected chi connectivity index (χ4v) is 2.39. The standard InChI is InChI=1S/C18H26N4O/c1-13-10-20-22(12-13)8-7-19-11-18(23)21-16(4)17-6-5-14(2)15(3)9-17/h5-6,9-10,12,16,19H,7-8,11H2,1-4H3,(H,21,23). The van der Waals surface area contributed by atoms with Gasteiger partial charge in [-0.25, -0.2) is 0 Å². The first kappa shape index (κ1) is 17.2. The number of amides is 1. The highest BCUT2D eigenvalue weighted by molar-refractivity contribution is 5.78. The molecule has 1 heterocycles. The molecule has 2 rings (SSSR count). The van der Waals surface area contributed by atoms with Crippen LogP contribution in [0.3, 0.4) is 0 Å². The van der Waals surface area contributed by atoms with Crippen molar-refractivity contribution in [2.75, 3.05) is 13.1 Å². The first-order chi connectivity index (χ1) is 11.0. The van der Waals surface area contributed by atoms with Gasteiger partial charge in [0, 0.05) is 12.7 Å². The summed E-state index contributed by atoms with van der Waals surface area (Å²) in [5, 5.41) is 10.4. The van der Waals surface area contributed by atoms with Crippen LogP contribution in [0, 0.1) is 20.8 Å². The Morgan fingerprint density at radius 2 is 2.04 bits per heavy atom. The number of rotatable bonds is 7. The van der Waals surface area contributed by atoms with E-state index in [0.29, 0.717) is 13.1 Å². The van der Waals surface area contributed by atoms with Gasteiger partial charge in [-0.3, -0.25) is 9.48 Å². The molecular formula is C18H26N4O. The molecule has 1 aromatic heterocycles. The number of carbonyl (C=O) groups excluding carboxylic acids is 1. The second kappa shape index (κ2) is 7.92. The van der Waals surface area contributed by atoms with E-state index in [0.717, 1.165) is 17.7 Å². The number of hydrogen-bond acceptors (Lipinski definition) is 3. The summed E-state index contributed by atoms with van der Waals surface area (Å²) in [7, 11) is 0. The highest BCUT2D eigenvalue weighted by atomic mass is 16.1. The van der Waals surface area contributed by atoms with Crippen molar-refractivity contribution in [3.63, 3.8) is 0 Å². The van der Waals surface area contributed by atoms with Gasteiger partial charge in [-0.2, -0.15) is 5.10 Å². The summed E-state index contributed by atoms with van der Waals surface area (Å²) in [6.45, 7) is 9.99. The van der Waals surface area contributed by atoms with Gasteiger partial charge < -0.3 is 10.6 Å². The number of nitrogens with one attached hydrogen (secondary N) is 2. The van der Waals surface area contributed by atoms with Gasteiger partial charge in [0.1, 0.15) is 0 Å². The molecule has 1 aromatic carbocycles. The summed E-state index contributed by atoms with van der Waals surface area (Å²) in [6, 6.07) is 6.31. The van der Waals surface area contributed by atoms with Crippen molar-refractivity contribution in [3.8, 4) is 0 Å². The summed E-state index contributed by atoms with van der Waals surface area (Å²) in [4.78, 5) is 12.0. The van der Waals surface area contributed by atoms with Crippen LogP contribution >= 0.6 is 0 Å². The molecule has 0 bridgehead atoms. The maximum Gasteiger partial charge on any atom is 0.234 e.